The molecule has 3 aromatic rings. The molecule has 24 heavy (non-hydrogen) atoms. The first-order chi connectivity index (χ1) is 11.6. The summed E-state index contributed by atoms with van der Waals surface area (Å²) < 4.78 is 2.59. The molecule has 3 rings (SSSR count). The summed E-state index contributed by atoms with van der Waals surface area (Å²) in [5, 5.41) is 9.84. The van der Waals surface area contributed by atoms with Crippen molar-refractivity contribution in [3.05, 3.63) is 50.6 Å². The van der Waals surface area contributed by atoms with Crippen LogP contribution in [0.5, 0.6) is 0 Å². The van der Waals surface area contributed by atoms with Crippen LogP contribution in [0.2, 0.25) is 9.36 Å². The third-order valence-electron chi connectivity index (χ3n) is 3.30. The molecular weight excluding hydrogens is 385 g/mol. The van der Waals surface area contributed by atoms with E-state index in [9.17, 15) is 4.79 Å². The molecule has 0 aliphatic heterocycles. The number of ketones is 1. The van der Waals surface area contributed by atoms with E-state index in [0.717, 1.165) is 11.4 Å². The van der Waals surface area contributed by atoms with E-state index in [1.165, 1.54) is 23.1 Å². The number of hydrogen-bond donors (Lipinski definition) is 0. The molecule has 0 saturated heterocycles. The monoisotopic (exact) mass is 397 g/mol. The number of carbonyl (C=O) groups is 1. The molecule has 1 aromatic carbocycles. The van der Waals surface area contributed by atoms with Gasteiger partial charge in [0.15, 0.2) is 16.8 Å². The molecule has 0 aliphatic carbocycles. The van der Waals surface area contributed by atoms with Crippen LogP contribution < -0.4 is 0 Å². The van der Waals surface area contributed by atoms with E-state index in [1.54, 1.807) is 12.1 Å². The Balaban J connectivity index is 1.78. The van der Waals surface area contributed by atoms with Crippen LogP contribution in [0.15, 0.2) is 41.6 Å². The van der Waals surface area contributed by atoms with Crippen molar-refractivity contribution >= 4 is 52.1 Å². The molecule has 4 nitrogen and oxygen atoms in total. The minimum Gasteiger partial charge on any atom is -0.302 e. The van der Waals surface area contributed by atoms with Gasteiger partial charge in [0.25, 0.3) is 0 Å². The molecule has 0 amide bonds. The summed E-state index contributed by atoms with van der Waals surface area (Å²) in [7, 11) is 0. The number of carbonyl (C=O) groups excluding carboxylic acids is 1. The Morgan fingerprint density at radius 2 is 2.08 bits per heavy atom. The van der Waals surface area contributed by atoms with Crippen molar-refractivity contribution in [3.63, 3.8) is 0 Å². The summed E-state index contributed by atoms with van der Waals surface area (Å²) >= 11 is 14.6. The van der Waals surface area contributed by atoms with E-state index >= 15 is 0 Å². The van der Waals surface area contributed by atoms with E-state index < -0.39 is 0 Å². The number of halogens is 2. The minimum atomic E-state index is 0.0341. The number of Topliss-reactive ketones (excluding diaryl/α,β-unsaturated/α-hetero) is 1. The largest absolute Gasteiger partial charge is 0.302 e. The molecular formula is C16H13Cl2N3OS2. The quantitative estimate of drug-likeness (QED) is 0.417. The normalized spacial score (nSPS) is 11.0. The number of nitrogens with zero attached hydrogens (tertiary/aromatic N) is 3. The lowest BCUT2D eigenvalue weighted by Crippen LogP contribution is -2.03. The highest BCUT2D eigenvalue weighted by atomic mass is 35.5. The molecule has 0 N–H and O–H groups in total. The van der Waals surface area contributed by atoms with Gasteiger partial charge >= 0.3 is 0 Å². The van der Waals surface area contributed by atoms with Gasteiger partial charge in [0.1, 0.15) is 0 Å². The number of aromatic nitrogens is 3. The summed E-state index contributed by atoms with van der Waals surface area (Å²) in [6, 6.07) is 11.0. The molecule has 0 atom stereocenters. The molecule has 124 valence electrons. The Morgan fingerprint density at radius 1 is 1.25 bits per heavy atom. The first kappa shape index (κ1) is 17.5. The Morgan fingerprint density at radius 3 is 2.75 bits per heavy atom. The Bertz CT molecular complexity index is 876. The van der Waals surface area contributed by atoms with Crippen LogP contribution in [0, 0.1) is 0 Å². The lowest BCUT2D eigenvalue weighted by atomic mass is 10.2. The Labute approximate surface area is 157 Å². The molecule has 0 unspecified atom stereocenters. The third kappa shape index (κ3) is 3.83. The van der Waals surface area contributed by atoms with Gasteiger partial charge in [0.2, 0.25) is 0 Å². The van der Waals surface area contributed by atoms with E-state index in [2.05, 4.69) is 10.2 Å². The second kappa shape index (κ2) is 7.70. The molecule has 8 heteroatoms. The fourth-order valence-corrected chi connectivity index (χ4v) is 4.33. The number of hydrogen-bond acceptors (Lipinski definition) is 5. The number of thioether (sulfide) groups is 1. The van der Waals surface area contributed by atoms with Gasteiger partial charge < -0.3 is 4.57 Å². The fraction of sp³-hybridized carbons (Fsp3) is 0.188. The summed E-state index contributed by atoms with van der Waals surface area (Å²) in [6.45, 7) is 2.72. The van der Waals surface area contributed by atoms with Gasteiger partial charge in [-0.3, -0.25) is 4.79 Å². The fourth-order valence-electron chi connectivity index (χ4n) is 2.19. The topological polar surface area (TPSA) is 47.8 Å². The van der Waals surface area contributed by atoms with Crippen LogP contribution in [-0.2, 0) is 6.54 Å². The second-order valence-corrected chi connectivity index (χ2v) is 7.97. The highest BCUT2D eigenvalue weighted by Crippen LogP contribution is 2.27. The highest BCUT2D eigenvalue weighted by Gasteiger charge is 2.16. The van der Waals surface area contributed by atoms with Crippen LogP contribution in [-0.4, -0.2) is 26.3 Å². The Hall–Kier alpha value is -1.34. The van der Waals surface area contributed by atoms with Gasteiger partial charge in [-0.05, 0) is 31.2 Å². The molecule has 0 radical (unpaired) electrons. The highest BCUT2D eigenvalue weighted by molar-refractivity contribution is 7.99. The Kier molecular flexibility index (Phi) is 5.61. The van der Waals surface area contributed by atoms with Crippen molar-refractivity contribution < 1.29 is 4.79 Å². The number of thiophene rings is 1. The first-order valence-corrected chi connectivity index (χ1v) is 9.74. The minimum absolute atomic E-state index is 0.0341. The molecule has 0 spiro atoms. The average Bonchev–Trinajstić information content (AvgIpc) is 3.18. The van der Waals surface area contributed by atoms with Crippen molar-refractivity contribution in [1.82, 2.24) is 14.8 Å². The standard InChI is InChI=1S/C16H13Cl2N3OS2/c1-2-21-15(10-4-3-5-11(17)8-10)19-20-16(21)23-9-12(22)13-6-7-14(18)24-13/h3-8H,2,9H2,1H3. The van der Waals surface area contributed by atoms with Crippen molar-refractivity contribution in [2.24, 2.45) is 0 Å². The summed E-state index contributed by atoms with van der Waals surface area (Å²) in [6.07, 6.45) is 0. The van der Waals surface area contributed by atoms with Crippen molar-refractivity contribution in [2.45, 2.75) is 18.6 Å². The zero-order valence-corrected chi connectivity index (χ0v) is 15.8. The first-order valence-electron chi connectivity index (χ1n) is 7.19. The van der Waals surface area contributed by atoms with Gasteiger partial charge in [-0.1, -0.05) is 47.1 Å². The van der Waals surface area contributed by atoms with Gasteiger partial charge in [0.05, 0.1) is 15.0 Å². The molecule has 0 fully saturated rings. The predicted molar refractivity (Wildman–Crippen MR) is 101 cm³/mol. The van der Waals surface area contributed by atoms with Gasteiger partial charge in [-0.15, -0.1) is 21.5 Å². The van der Waals surface area contributed by atoms with Crippen LogP contribution in [0.4, 0.5) is 0 Å². The third-order valence-corrected chi connectivity index (χ3v) is 5.77. The number of rotatable bonds is 6. The average molecular weight is 398 g/mol. The van der Waals surface area contributed by atoms with Crippen LogP contribution in [0.25, 0.3) is 11.4 Å². The number of benzene rings is 1. The zero-order valence-electron chi connectivity index (χ0n) is 12.7. The van der Waals surface area contributed by atoms with Gasteiger partial charge in [0, 0.05) is 17.1 Å². The summed E-state index contributed by atoms with van der Waals surface area (Å²) in [5.74, 6) is 1.07. The van der Waals surface area contributed by atoms with Crippen molar-refractivity contribution in [1.29, 1.82) is 0 Å². The van der Waals surface area contributed by atoms with Crippen LogP contribution in [0.3, 0.4) is 0 Å². The lowest BCUT2D eigenvalue weighted by Gasteiger charge is -2.07. The van der Waals surface area contributed by atoms with Crippen LogP contribution in [0.1, 0.15) is 16.6 Å². The van der Waals surface area contributed by atoms with E-state index in [1.807, 2.05) is 35.8 Å². The van der Waals surface area contributed by atoms with E-state index in [4.69, 9.17) is 23.2 Å². The second-order valence-electron chi connectivity index (χ2n) is 4.88. The van der Waals surface area contributed by atoms with Crippen LogP contribution >= 0.6 is 46.3 Å². The van der Waals surface area contributed by atoms with Crippen molar-refractivity contribution in [2.75, 3.05) is 5.75 Å². The van der Waals surface area contributed by atoms with E-state index in [0.29, 0.717) is 31.7 Å². The van der Waals surface area contributed by atoms with Crippen molar-refractivity contribution in [3.8, 4) is 11.4 Å². The lowest BCUT2D eigenvalue weighted by molar-refractivity contribution is 0.102. The molecule has 2 aromatic heterocycles. The summed E-state index contributed by atoms with van der Waals surface area (Å²) in [5.41, 5.74) is 0.903. The van der Waals surface area contributed by atoms with Gasteiger partial charge in [-0.2, -0.15) is 0 Å². The molecule has 0 aliphatic rings. The predicted octanol–water partition coefficient (Wildman–Crippen LogP) is 5.31. The maximum Gasteiger partial charge on any atom is 0.191 e. The molecule has 0 bridgehead atoms. The molecule has 2 heterocycles. The SMILES string of the molecule is CCn1c(SCC(=O)c2ccc(Cl)s2)nnc1-c1cccc(Cl)c1. The van der Waals surface area contributed by atoms with E-state index in [-0.39, 0.29) is 5.78 Å². The smallest absolute Gasteiger partial charge is 0.191 e. The van der Waals surface area contributed by atoms with Gasteiger partial charge in [-0.25, -0.2) is 0 Å². The molecule has 0 saturated carbocycles. The zero-order chi connectivity index (χ0) is 17.1. The summed E-state index contributed by atoms with van der Waals surface area (Å²) in [4.78, 5) is 12.9. The maximum absolute atomic E-state index is 12.2. The maximum atomic E-state index is 12.2.